The summed E-state index contributed by atoms with van der Waals surface area (Å²) in [7, 11) is 0. The van der Waals surface area contributed by atoms with Crippen LogP contribution in [-0.4, -0.2) is 9.38 Å². The van der Waals surface area contributed by atoms with Crippen LogP contribution in [0.5, 0.6) is 5.75 Å². The molecule has 124 valence electrons. The predicted octanol–water partition coefficient (Wildman–Crippen LogP) is 5.03. The summed E-state index contributed by atoms with van der Waals surface area (Å²) in [6.45, 7) is 2.19. The maximum absolute atomic E-state index is 13.7. The van der Waals surface area contributed by atoms with Crippen molar-refractivity contribution in [1.82, 2.24) is 9.38 Å². The van der Waals surface area contributed by atoms with E-state index in [0.29, 0.717) is 5.56 Å². The molecule has 0 atom stereocenters. The second-order valence-electron chi connectivity index (χ2n) is 5.95. The first-order valence-electron chi connectivity index (χ1n) is 8.12. The van der Waals surface area contributed by atoms with E-state index in [9.17, 15) is 4.39 Å². The van der Waals surface area contributed by atoms with Gasteiger partial charge in [0, 0.05) is 23.5 Å². The largest absolute Gasteiger partial charge is 0.489 e. The fraction of sp³-hybridized carbons (Fsp3) is 0.0952. The summed E-state index contributed by atoms with van der Waals surface area (Å²) in [6.07, 6.45) is 3.98. The Morgan fingerprint density at radius 3 is 2.68 bits per heavy atom. The van der Waals surface area contributed by atoms with Crippen molar-refractivity contribution in [2.24, 2.45) is 0 Å². The van der Waals surface area contributed by atoms with Crippen LogP contribution in [-0.2, 0) is 6.61 Å². The fourth-order valence-electron chi connectivity index (χ4n) is 2.82. The van der Waals surface area contributed by atoms with E-state index in [0.717, 1.165) is 28.2 Å². The van der Waals surface area contributed by atoms with Crippen LogP contribution in [0.2, 0.25) is 0 Å². The van der Waals surface area contributed by atoms with Crippen molar-refractivity contribution >= 4 is 5.65 Å². The summed E-state index contributed by atoms with van der Waals surface area (Å²) in [5.41, 5.74) is 4.39. The molecule has 4 rings (SSSR count). The molecule has 2 heterocycles. The van der Waals surface area contributed by atoms with Gasteiger partial charge in [-0.05, 0) is 48.9 Å². The summed E-state index contributed by atoms with van der Waals surface area (Å²) in [5, 5.41) is 0. The molecule has 0 unspecified atom stereocenters. The molecule has 0 aliphatic rings. The Kier molecular flexibility index (Phi) is 3.94. The second kappa shape index (κ2) is 6.40. The third kappa shape index (κ3) is 3.11. The SMILES string of the molecule is Cc1cc(-c2cn3ccccc3n2)ccc1OCc1ccccc1F. The molecule has 25 heavy (non-hydrogen) atoms. The minimum atomic E-state index is -0.249. The number of hydrogen-bond donors (Lipinski definition) is 0. The third-order valence-electron chi connectivity index (χ3n) is 4.18. The zero-order chi connectivity index (χ0) is 17.2. The molecular weight excluding hydrogens is 315 g/mol. The Hall–Kier alpha value is -3.14. The number of ether oxygens (including phenoxy) is 1. The zero-order valence-corrected chi connectivity index (χ0v) is 13.8. The molecule has 0 amide bonds. The van der Waals surface area contributed by atoms with Gasteiger partial charge in [0.05, 0.1) is 5.69 Å². The van der Waals surface area contributed by atoms with E-state index in [4.69, 9.17) is 4.74 Å². The van der Waals surface area contributed by atoms with Crippen LogP contribution in [0.15, 0.2) is 73.1 Å². The van der Waals surface area contributed by atoms with Crippen LogP contribution >= 0.6 is 0 Å². The van der Waals surface area contributed by atoms with Gasteiger partial charge in [0.1, 0.15) is 23.8 Å². The lowest BCUT2D eigenvalue weighted by molar-refractivity contribution is 0.298. The maximum atomic E-state index is 13.7. The Morgan fingerprint density at radius 2 is 1.88 bits per heavy atom. The molecule has 0 aliphatic heterocycles. The number of rotatable bonds is 4. The topological polar surface area (TPSA) is 26.5 Å². The van der Waals surface area contributed by atoms with E-state index in [1.807, 2.05) is 60.1 Å². The van der Waals surface area contributed by atoms with Gasteiger partial charge in [-0.1, -0.05) is 24.3 Å². The van der Waals surface area contributed by atoms with Crippen LogP contribution in [0.25, 0.3) is 16.9 Å². The number of hydrogen-bond acceptors (Lipinski definition) is 2. The number of benzene rings is 2. The fourth-order valence-corrected chi connectivity index (χ4v) is 2.82. The first-order chi connectivity index (χ1) is 12.2. The van der Waals surface area contributed by atoms with Crippen LogP contribution in [0.4, 0.5) is 4.39 Å². The number of pyridine rings is 1. The molecule has 4 heteroatoms. The second-order valence-corrected chi connectivity index (χ2v) is 5.95. The minimum Gasteiger partial charge on any atom is -0.489 e. The number of imidazole rings is 1. The lowest BCUT2D eigenvalue weighted by atomic mass is 10.1. The molecule has 2 aromatic carbocycles. The van der Waals surface area contributed by atoms with E-state index >= 15 is 0 Å². The lowest BCUT2D eigenvalue weighted by Crippen LogP contribution is -1.99. The summed E-state index contributed by atoms with van der Waals surface area (Å²) in [4.78, 5) is 4.63. The van der Waals surface area contributed by atoms with Gasteiger partial charge in [-0.15, -0.1) is 0 Å². The summed E-state index contributed by atoms with van der Waals surface area (Å²) >= 11 is 0. The molecular formula is C21H17FN2O. The van der Waals surface area contributed by atoms with E-state index in [2.05, 4.69) is 4.98 Å². The summed E-state index contributed by atoms with van der Waals surface area (Å²) in [6, 6.07) is 18.5. The molecule has 0 saturated carbocycles. The van der Waals surface area contributed by atoms with Gasteiger partial charge in [-0.25, -0.2) is 9.37 Å². The molecule has 4 aromatic rings. The van der Waals surface area contributed by atoms with Crippen molar-refractivity contribution in [2.45, 2.75) is 13.5 Å². The average Bonchev–Trinajstić information content (AvgIpc) is 3.06. The molecule has 0 radical (unpaired) electrons. The number of nitrogens with zero attached hydrogens (tertiary/aromatic N) is 2. The number of halogens is 1. The first-order valence-corrected chi connectivity index (χ1v) is 8.12. The van der Waals surface area contributed by atoms with Crippen LogP contribution in [0.1, 0.15) is 11.1 Å². The molecule has 0 saturated heterocycles. The highest BCUT2D eigenvalue weighted by molar-refractivity contribution is 5.64. The van der Waals surface area contributed by atoms with E-state index < -0.39 is 0 Å². The third-order valence-corrected chi connectivity index (χ3v) is 4.18. The molecule has 0 bridgehead atoms. The smallest absolute Gasteiger partial charge is 0.137 e. The maximum Gasteiger partial charge on any atom is 0.137 e. The molecule has 0 spiro atoms. The number of aromatic nitrogens is 2. The Bertz CT molecular complexity index is 1010. The van der Waals surface area contributed by atoms with Crippen LogP contribution in [0.3, 0.4) is 0 Å². The predicted molar refractivity (Wildman–Crippen MR) is 96.1 cm³/mol. The normalized spacial score (nSPS) is 11.0. The average molecular weight is 332 g/mol. The summed E-state index contributed by atoms with van der Waals surface area (Å²) < 4.78 is 21.5. The molecule has 2 aromatic heterocycles. The Labute approximate surface area is 145 Å². The molecule has 0 N–H and O–H groups in total. The van der Waals surface area contributed by atoms with Gasteiger partial charge < -0.3 is 9.14 Å². The van der Waals surface area contributed by atoms with Gasteiger partial charge in [0.15, 0.2) is 0 Å². The van der Waals surface area contributed by atoms with Crippen LogP contribution < -0.4 is 4.74 Å². The van der Waals surface area contributed by atoms with E-state index in [-0.39, 0.29) is 12.4 Å². The van der Waals surface area contributed by atoms with Gasteiger partial charge in [-0.3, -0.25) is 0 Å². The van der Waals surface area contributed by atoms with E-state index in [1.54, 1.807) is 18.2 Å². The highest BCUT2D eigenvalue weighted by Gasteiger charge is 2.08. The first kappa shape index (κ1) is 15.4. The van der Waals surface area contributed by atoms with Gasteiger partial charge in [0.25, 0.3) is 0 Å². The van der Waals surface area contributed by atoms with E-state index in [1.165, 1.54) is 6.07 Å². The monoisotopic (exact) mass is 332 g/mol. The number of aryl methyl sites for hydroxylation is 1. The molecule has 3 nitrogen and oxygen atoms in total. The lowest BCUT2D eigenvalue weighted by Gasteiger charge is -2.10. The quantitative estimate of drug-likeness (QED) is 0.524. The molecule has 0 aliphatic carbocycles. The zero-order valence-electron chi connectivity index (χ0n) is 13.8. The van der Waals surface area contributed by atoms with Crippen molar-refractivity contribution < 1.29 is 9.13 Å². The minimum absolute atomic E-state index is 0.210. The van der Waals surface area contributed by atoms with Crippen molar-refractivity contribution in [3.63, 3.8) is 0 Å². The van der Waals surface area contributed by atoms with Crippen LogP contribution in [0, 0.1) is 12.7 Å². The highest BCUT2D eigenvalue weighted by Crippen LogP contribution is 2.26. The summed E-state index contributed by atoms with van der Waals surface area (Å²) in [5.74, 6) is 0.497. The number of fused-ring (bicyclic) bond motifs is 1. The van der Waals surface area contributed by atoms with Gasteiger partial charge in [-0.2, -0.15) is 0 Å². The Morgan fingerprint density at radius 1 is 1.04 bits per heavy atom. The van der Waals surface area contributed by atoms with Crippen molar-refractivity contribution in [1.29, 1.82) is 0 Å². The highest BCUT2D eigenvalue weighted by atomic mass is 19.1. The Balaban J connectivity index is 1.57. The van der Waals surface area contributed by atoms with Crippen molar-refractivity contribution in [2.75, 3.05) is 0 Å². The van der Waals surface area contributed by atoms with Crippen molar-refractivity contribution in [3.8, 4) is 17.0 Å². The molecule has 0 fully saturated rings. The van der Waals surface area contributed by atoms with Gasteiger partial charge in [0.2, 0.25) is 0 Å². The standard InChI is InChI=1S/C21H17FN2O/c1-15-12-16(19-13-24-11-5-4-8-21(24)23-19)9-10-20(15)25-14-17-6-2-3-7-18(17)22/h2-13H,14H2,1H3. The van der Waals surface area contributed by atoms with Gasteiger partial charge >= 0.3 is 0 Å². The van der Waals surface area contributed by atoms with Crippen molar-refractivity contribution in [3.05, 3.63) is 90.0 Å².